The lowest BCUT2D eigenvalue weighted by molar-refractivity contribution is -0.151. The van der Waals surface area contributed by atoms with Crippen molar-refractivity contribution in [3.05, 3.63) is 64.2 Å². The molecule has 2 aromatic rings. The smallest absolute Gasteiger partial charge is 0.303 e. The SMILES string of the molecule is CC(=O)OC(C)(C)C.CCc1ccc(COc2cccc3c2CN(C(CCC(C)=O)C(C)=O)C3=O)cc1CC. The van der Waals surface area contributed by atoms with Gasteiger partial charge in [0.25, 0.3) is 5.91 Å². The zero-order chi connectivity index (χ0) is 29.3. The van der Waals surface area contributed by atoms with Crippen LogP contribution < -0.4 is 4.74 Å². The van der Waals surface area contributed by atoms with Gasteiger partial charge in [-0.25, -0.2) is 0 Å². The maximum atomic E-state index is 13.0. The molecule has 0 spiro atoms. The van der Waals surface area contributed by atoms with E-state index in [4.69, 9.17) is 9.47 Å². The Morgan fingerprint density at radius 3 is 2.15 bits per heavy atom. The van der Waals surface area contributed by atoms with Crippen LogP contribution in [0.15, 0.2) is 36.4 Å². The first kappa shape index (κ1) is 31.7. The predicted molar refractivity (Wildman–Crippen MR) is 152 cm³/mol. The minimum absolute atomic E-state index is 0.0139. The molecule has 0 saturated heterocycles. The molecule has 0 aromatic heterocycles. The van der Waals surface area contributed by atoms with Crippen molar-refractivity contribution in [1.29, 1.82) is 0 Å². The summed E-state index contributed by atoms with van der Waals surface area (Å²) < 4.78 is 10.9. The Morgan fingerprint density at radius 2 is 1.64 bits per heavy atom. The number of aryl methyl sites for hydroxylation is 2. The number of rotatable bonds is 10. The highest BCUT2D eigenvalue weighted by Gasteiger charge is 2.36. The second kappa shape index (κ2) is 14.1. The van der Waals surface area contributed by atoms with Crippen LogP contribution in [0.5, 0.6) is 5.75 Å². The second-order valence-corrected chi connectivity index (χ2v) is 10.9. The van der Waals surface area contributed by atoms with Crippen LogP contribution in [0.25, 0.3) is 0 Å². The number of ketones is 2. The van der Waals surface area contributed by atoms with Crippen molar-refractivity contribution in [2.24, 2.45) is 0 Å². The lowest BCUT2D eigenvalue weighted by atomic mass is 10.0. The fourth-order valence-electron chi connectivity index (χ4n) is 4.67. The molecule has 0 fully saturated rings. The highest BCUT2D eigenvalue weighted by molar-refractivity contribution is 6.01. The van der Waals surface area contributed by atoms with E-state index in [-0.39, 0.29) is 35.5 Å². The van der Waals surface area contributed by atoms with Crippen molar-refractivity contribution in [3.63, 3.8) is 0 Å². The van der Waals surface area contributed by atoms with Crippen molar-refractivity contribution < 1.29 is 28.7 Å². The van der Waals surface area contributed by atoms with E-state index < -0.39 is 6.04 Å². The molecular formula is C32H43NO6. The fraction of sp³-hybridized carbons (Fsp3) is 0.500. The van der Waals surface area contributed by atoms with Crippen LogP contribution in [0.4, 0.5) is 0 Å². The number of benzene rings is 2. The van der Waals surface area contributed by atoms with E-state index in [1.165, 1.54) is 31.9 Å². The predicted octanol–water partition coefficient (Wildman–Crippen LogP) is 6.02. The quantitative estimate of drug-likeness (QED) is 0.344. The van der Waals surface area contributed by atoms with Crippen molar-refractivity contribution >= 4 is 23.4 Å². The van der Waals surface area contributed by atoms with Crippen LogP contribution in [0.3, 0.4) is 0 Å². The molecule has 1 aliphatic heterocycles. The summed E-state index contributed by atoms with van der Waals surface area (Å²) in [6.45, 7) is 15.0. The lowest BCUT2D eigenvalue weighted by Crippen LogP contribution is -2.40. The zero-order valence-electron chi connectivity index (χ0n) is 24.7. The van der Waals surface area contributed by atoms with Gasteiger partial charge in [0, 0.05) is 24.5 Å². The topological polar surface area (TPSA) is 90.0 Å². The number of amides is 1. The average Bonchev–Trinajstić information content (AvgIpc) is 3.17. The Balaban J connectivity index is 0.000000580. The molecule has 1 atom stereocenters. The summed E-state index contributed by atoms with van der Waals surface area (Å²) in [7, 11) is 0. The molecule has 212 valence electrons. The van der Waals surface area contributed by atoms with E-state index in [2.05, 4.69) is 32.0 Å². The van der Waals surface area contributed by atoms with Crippen molar-refractivity contribution in [1.82, 2.24) is 4.90 Å². The minimum atomic E-state index is -0.592. The highest BCUT2D eigenvalue weighted by Crippen LogP contribution is 2.33. The summed E-state index contributed by atoms with van der Waals surface area (Å²) in [5.41, 5.74) is 4.83. The summed E-state index contributed by atoms with van der Waals surface area (Å²) >= 11 is 0. The van der Waals surface area contributed by atoms with E-state index in [9.17, 15) is 19.2 Å². The summed E-state index contributed by atoms with van der Waals surface area (Å²) in [5.74, 6) is 0.176. The molecule has 1 amide bonds. The standard InChI is InChI=1S/C26H31NO4.C6H12O2/c1-5-20-12-11-19(14-21(20)6-2)16-31-25-9-7-8-22-23(25)15-27(26(22)30)24(18(4)29)13-10-17(3)28;1-5(7)8-6(2,3)4/h7-9,11-12,14,24H,5-6,10,13,15-16H2,1-4H3;1-4H3. The molecule has 0 bridgehead atoms. The second-order valence-electron chi connectivity index (χ2n) is 10.9. The summed E-state index contributed by atoms with van der Waals surface area (Å²) in [6.07, 6.45) is 2.62. The van der Waals surface area contributed by atoms with Gasteiger partial charge in [0.05, 0.1) is 12.6 Å². The molecule has 2 aromatic carbocycles. The number of ether oxygens (including phenoxy) is 2. The molecule has 7 heteroatoms. The Hall–Kier alpha value is -3.48. The van der Waals surface area contributed by atoms with Gasteiger partial charge in [0.1, 0.15) is 23.7 Å². The van der Waals surface area contributed by atoms with Gasteiger partial charge in [0.15, 0.2) is 5.78 Å². The van der Waals surface area contributed by atoms with Crippen molar-refractivity contribution in [2.45, 2.75) is 106 Å². The number of nitrogens with zero attached hydrogens (tertiary/aromatic N) is 1. The Kier molecular flexibility index (Phi) is 11.4. The molecule has 1 aliphatic rings. The summed E-state index contributed by atoms with van der Waals surface area (Å²) in [5, 5.41) is 0. The van der Waals surface area contributed by atoms with Gasteiger partial charge >= 0.3 is 5.97 Å². The third-order valence-electron chi connectivity index (χ3n) is 6.44. The van der Waals surface area contributed by atoms with Crippen LogP contribution in [-0.4, -0.2) is 40.0 Å². The molecule has 7 nitrogen and oxygen atoms in total. The molecule has 0 aliphatic carbocycles. The maximum Gasteiger partial charge on any atom is 0.303 e. The van der Waals surface area contributed by atoms with Crippen molar-refractivity contribution in [2.75, 3.05) is 0 Å². The van der Waals surface area contributed by atoms with Crippen LogP contribution >= 0.6 is 0 Å². The number of carbonyl (C=O) groups excluding carboxylic acids is 4. The monoisotopic (exact) mass is 537 g/mol. The van der Waals surface area contributed by atoms with Gasteiger partial charge in [-0.3, -0.25) is 14.4 Å². The van der Waals surface area contributed by atoms with Gasteiger partial charge < -0.3 is 19.2 Å². The first-order valence-electron chi connectivity index (χ1n) is 13.6. The summed E-state index contributed by atoms with van der Waals surface area (Å²) in [4.78, 5) is 48.4. The van der Waals surface area contributed by atoms with Crippen LogP contribution in [0.2, 0.25) is 0 Å². The zero-order valence-corrected chi connectivity index (χ0v) is 24.7. The number of hydrogen-bond acceptors (Lipinski definition) is 6. The van der Waals surface area contributed by atoms with E-state index in [1.807, 2.05) is 32.9 Å². The number of Topliss-reactive ketones (excluding diaryl/α,β-unsaturated/α-hetero) is 2. The third-order valence-corrected chi connectivity index (χ3v) is 6.44. The van der Waals surface area contributed by atoms with Crippen LogP contribution in [0, 0.1) is 0 Å². The molecule has 1 unspecified atom stereocenters. The Bertz CT molecular complexity index is 1190. The van der Waals surface area contributed by atoms with E-state index in [1.54, 1.807) is 11.0 Å². The molecule has 0 saturated carbocycles. The van der Waals surface area contributed by atoms with Gasteiger partial charge in [-0.05, 0) is 82.7 Å². The highest BCUT2D eigenvalue weighted by atomic mass is 16.6. The lowest BCUT2D eigenvalue weighted by Gasteiger charge is -2.25. The molecule has 0 N–H and O–H groups in total. The molecule has 39 heavy (non-hydrogen) atoms. The van der Waals surface area contributed by atoms with E-state index >= 15 is 0 Å². The number of esters is 1. The van der Waals surface area contributed by atoms with E-state index in [0.29, 0.717) is 30.9 Å². The molecular weight excluding hydrogens is 494 g/mol. The maximum absolute atomic E-state index is 13.0. The first-order chi connectivity index (χ1) is 18.3. The molecule has 0 radical (unpaired) electrons. The first-order valence-corrected chi connectivity index (χ1v) is 13.6. The van der Waals surface area contributed by atoms with Crippen LogP contribution in [0.1, 0.15) is 101 Å². The normalized spacial score (nSPS) is 13.2. The third kappa shape index (κ3) is 9.34. The fourth-order valence-corrected chi connectivity index (χ4v) is 4.67. The van der Waals surface area contributed by atoms with Gasteiger partial charge in [-0.1, -0.05) is 38.1 Å². The molecule has 1 heterocycles. The number of fused-ring (bicyclic) bond motifs is 1. The van der Waals surface area contributed by atoms with Crippen LogP contribution in [-0.2, 0) is 45.1 Å². The average molecular weight is 538 g/mol. The Labute approximate surface area is 232 Å². The molecule has 3 rings (SSSR count). The van der Waals surface area contributed by atoms with Gasteiger partial charge in [-0.2, -0.15) is 0 Å². The number of hydrogen-bond donors (Lipinski definition) is 0. The van der Waals surface area contributed by atoms with Crippen molar-refractivity contribution in [3.8, 4) is 5.75 Å². The summed E-state index contributed by atoms with van der Waals surface area (Å²) in [6, 6.07) is 11.3. The van der Waals surface area contributed by atoms with E-state index in [0.717, 1.165) is 24.0 Å². The van der Waals surface area contributed by atoms with Gasteiger partial charge in [-0.15, -0.1) is 0 Å². The largest absolute Gasteiger partial charge is 0.489 e. The minimum Gasteiger partial charge on any atom is -0.489 e. The van der Waals surface area contributed by atoms with Gasteiger partial charge in [0.2, 0.25) is 0 Å². The number of carbonyl (C=O) groups is 4. The Morgan fingerprint density at radius 1 is 0.974 bits per heavy atom.